The van der Waals surface area contributed by atoms with E-state index >= 15 is 0 Å². The van der Waals surface area contributed by atoms with Crippen LogP contribution in [0.2, 0.25) is 0 Å². The van der Waals surface area contributed by atoms with Gasteiger partial charge in [0.25, 0.3) is 0 Å². The first kappa shape index (κ1) is 4.45. The van der Waals surface area contributed by atoms with E-state index in [0.717, 1.165) is 13.1 Å². The van der Waals surface area contributed by atoms with E-state index in [1.165, 1.54) is 12.8 Å². The van der Waals surface area contributed by atoms with Gasteiger partial charge in [-0.1, -0.05) is 0 Å². The molecule has 2 heteroatoms. The summed E-state index contributed by atoms with van der Waals surface area (Å²) in [6, 6.07) is 0. The van der Waals surface area contributed by atoms with Crippen LogP contribution in [0.3, 0.4) is 0 Å². The van der Waals surface area contributed by atoms with Crippen LogP contribution in [0, 0.1) is 6.57 Å². The molecule has 0 atom stereocenters. The summed E-state index contributed by atoms with van der Waals surface area (Å²) < 4.78 is 0. The largest absolute Gasteiger partial charge is 0.184 e. The zero-order valence-corrected chi connectivity index (χ0v) is 4.22. The molecule has 0 spiro atoms. The van der Waals surface area contributed by atoms with Crippen LogP contribution in [0.4, 0.5) is 0 Å². The van der Waals surface area contributed by atoms with Crippen molar-refractivity contribution in [2.45, 2.75) is 12.8 Å². The Labute approximate surface area is 43.5 Å². The van der Waals surface area contributed by atoms with Crippen LogP contribution in [0.25, 0.3) is 4.95 Å². The average Bonchev–Trinajstić information content (AvgIpc) is 2.14. The Kier molecular flexibility index (Phi) is 1.16. The molecule has 0 amide bonds. The summed E-state index contributed by atoms with van der Waals surface area (Å²) >= 11 is 0. The predicted molar refractivity (Wildman–Crippen MR) is 27.4 cm³/mol. The van der Waals surface area contributed by atoms with E-state index in [2.05, 4.69) is 4.95 Å². The van der Waals surface area contributed by atoms with E-state index in [9.17, 15) is 0 Å². The Balaban J connectivity index is 2.31. The summed E-state index contributed by atoms with van der Waals surface area (Å²) in [6.07, 6.45) is 2.42. The van der Waals surface area contributed by atoms with Crippen LogP contribution in [0.5, 0.6) is 0 Å². The van der Waals surface area contributed by atoms with Crippen LogP contribution in [-0.4, -0.2) is 18.1 Å². The number of hydrogen-bond donors (Lipinski definition) is 0. The minimum Gasteiger partial charge on any atom is -0.184 e. The molecule has 0 bridgehead atoms. The van der Waals surface area contributed by atoms with Crippen molar-refractivity contribution in [3.05, 3.63) is 11.5 Å². The van der Waals surface area contributed by atoms with E-state index in [1.54, 1.807) is 5.01 Å². The van der Waals surface area contributed by atoms with Crippen molar-refractivity contribution in [3.8, 4) is 0 Å². The van der Waals surface area contributed by atoms with Gasteiger partial charge in [0.05, 0.1) is 13.1 Å². The molecular formula is C5H8N2. The summed E-state index contributed by atoms with van der Waals surface area (Å²) in [5.74, 6) is 0. The van der Waals surface area contributed by atoms with Crippen molar-refractivity contribution in [1.82, 2.24) is 5.01 Å². The Hall–Kier alpha value is -0.710. The fourth-order valence-corrected chi connectivity index (χ4v) is 0.800. The van der Waals surface area contributed by atoms with E-state index in [-0.39, 0.29) is 0 Å². The van der Waals surface area contributed by atoms with Gasteiger partial charge >= 0.3 is 0 Å². The smallest absolute Gasteiger partial charge is 0.0861 e. The van der Waals surface area contributed by atoms with Gasteiger partial charge in [0, 0.05) is 0 Å². The second-order valence-corrected chi connectivity index (χ2v) is 1.76. The Morgan fingerprint density at radius 1 is 1.29 bits per heavy atom. The lowest BCUT2D eigenvalue weighted by molar-refractivity contribution is 0.461. The van der Waals surface area contributed by atoms with Crippen molar-refractivity contribution in [2.75, 3.05) is 13.1 Å². The molecule has 2 nitrogen and oxygen atoms in total. The summed E-state index contributed by atoms with van der Waals surface area (Å²) in [6.45, 7) is 8.53. The first-order valence-electron chi connectivity index (χ1n) is 2.56. The third-order valence-corrected chi connectivity index (χ3v) is 1.22. The molecule has 1 aliphatic heterocycles. The predicted octanol–water partition coefficient (Wildman–Crippen LogP) is 0.916. The van der Waals surface area contributed by atoms with Gasteiger partial charge in [-0.3, -0.25) is 0 Å². The minimum atomic E-state index is 0.990. The highest BCUT2D eigenvalue weighted by Crippen LogP contribution is 2.05. The molecule has 1 rings (SSSR count). The fourth-order valence-electron chi connectivity index (χ4n) is 0.800. The van der Waals surface area contributed by atoms with Gasteiger partial charge in [-0.2, -0.15) is 11.5 Å². The van der Waals surface area contributed by atoms with E-state index in [1.807, 2.05) is 0 Å². The first-order valence-corrected chi connectivity index (χ1v) is 2.56. The van der Waals surface area contributed by atoms with Crippen LogP contribution in [-0.2, 0) is 0 Å². The van der Waals surface area contributed by atoms with Crippen molar-refractivity contribution >= 4 is 0 Å². The summed E-state index contributed by atoms with van der Waals surface area (Å²) in [5, 5.41) is 1.78. The SMILES string of the molecule is [C-]#[N+]N1CCCC1. The van der Waals surface area contributed by atoms with Gasteiger partial charge < -0.3 is 0 Å². The van der Waals surface area contributed by atoms with E-state index in [4.69, 9.17) is 6.57 Å². The van der Waals surface area contributed by atoms with Crippen molar-refractivity contribution < 1.29 is 0 Å². The maximum absolute atomic E-state index is 6.55. The average molecular weight is 96.1 g/mol. The highest BCUT2D eigenvalue weighted by molar-refractivity contribution is 4.67. The Morgan fingerprint density at radius 2 is 1.86 bits per heavy atom. The van der Waals surface area contributed by atoms with Gasteiger partial charge in [0.2, 0.25) is 0 Å². The van der Waals surface area contributed by atoms with Crippen LogP contribution >= 0.6 is 0 Å². The molecule has 0 saturated carbocycles. The number of rotatable bonds is 0. The Bertz CT molecular complexity index is 86.7. The molecule has 0 unspecified atom stereocenters. The standard InChI is InChI=1S/C5H8N2/c1-6-7-4-2-3-5-7/h2-5H2. The molecular weight excluding hydrogens is 88.1 g/mol. The van der Waals surface area contributed by atoms with Crippen LogP contribution in [0.15, 0.2) is 0 Å². The zero-order chi connectivity index (χ0) is 5.11. The molecule has 0 N–H and O–H groups in total. The third-order valence-electron chi connectivity index (χ3n) is 1.22. The molecule has 38 valence electrons. The molecule has 1 saturated heterocycles. The van der Waals surface area contributed by atoms with Gasteiger partial charge in [0.1, 0.15) is 0 Å². The van der Waals surface area contributed by atoms with Crippen molar-refractivity contribution in [2.24, 2.45) is 0 Å². The quantitative estimate of drug-likeness (QED) is 0.407. The van der Waals surface area contributed by atoms with Gasteiger partial charge in [-0.25, -0.2) is 0 Å². The fraction of sp³-hybridized carbons (Fsp3) is 0.800. The normalized spacial score (nSPS) is 19.6. The lowest BCUT2D eigenvalue weighted by Crippen LogP contribution is -2.06. The van der Waals surface area contributed by atoms with Gasteiger partial charge in [-0.05, 0) is 12.8 Å². The van der Waals surface area contributed by atoms with Crippen LogP contribution < -0.4 is 0 Å². The second-order valence-electron chi connectivity index (χ2n) is 1.76. The molecule has 0 aromatic heterocycles. The molecule has 1 heterocycles. The molecule has 7 heavy (non-hydrogen) atoms. The van der Waals surface area contributed by atoms with E-state index < -0.39 is 0 Å². The summed E-state index contributed by atoms with van der Waals surface area (Å²) in [7, 11) is 0. The molecule has 1 aliphatic rings. The maximum atomic E-state index is 6.55. The summed E-state index contributed by atoms with van der Waals surface area (Å²) in [4.78, 5) is 3.27. The molecule has 1 fully saturated rings. The monoisotopic (exact) mass is 96.1 g/mol. The number of hydrogen-bond acceptors (Lipinski definition) is 1. The lowest BCUT2D eigenvalue weighted by Gasteiger charge is -1.93. The highest BCUT2D eigenvalue weighted by Gasteiger charge is 2.11. The first-order chi connectivity index (χ1) is 3.43. The molecule has 0 aromatic rings. The van der Waals surface area contributed by atoms with Gasteiger partial charge in [0.15, 0.2) is 0 Å². The van der Waals surface area contributed by atoms with E-state index in [0.29, 0.717) is 0 Å². The molecule has 0 radical (unpaired) electrons. The highest BCUT2D eigenvalue weighted by atomic mass is 15.4. The second kappa shape index (κ2) is 1.83. The minimum absolute atomic E-state index is 0.990. The zero-order valence-electron chi connectivity index (χ0n) is 4.22. The van der Waals surface area contributed by atoms with Crippen molar-refractivity contribution in [1.29, 1.82) is 0 Å². The van der Waals surface area contributed by atoms with Gasteiger partial charge in [-0.15, -0.1) is 5.01 Å². The lowest BCUT2D eigenvalue weighted by atomic mass is 10.4. The van der Waals surface area contributed by atoms with Crippen molar-refractivity contribution in [3.63, 3.8) is 0 Å². The summed E-state index contributed by atoms with van der Waals surface area (Å²) in [5.41, 5.74) is 0. The number of nitrogens with zero attached hydrogens (tertiary/aromatic N) is 2. The topological polar surface area (TPSA) is 7.60 Å². The molecule has 0 aliphatic carbocycles. The molecule has 0 aromatic carbocycles. The third kappa shape index (κ3) is 0.833. The maximum Gasteiger partial charge on any atom is 0.0861 e. The van der Waals surface area contributed by atoms with Crippen LogP contribution in [0.1, 0.15) is 12.8 Å². The Morgan fingerprint density at radius 3 is 2.14 bits per heavy atom.